The van der Waals surface area contributed by atoms with Crippen molar-refractivity contribution in [1.82, 2.24) is 10.3 Å². The number of hydrogen-bond donors (Lipinski definition) is 2. The van der Waals surface area contributed by atoms with E-state index in [-0.39, 0.29) is 5.91 Å². The minimum absolute atomic E-state index is 0.126. The summed E-state index contributed by atoms with van der Waals surface area (Å²) >= 11 is 3.13. The van der Waals surface area contributed by atoms with E-state index in [9.17, 15) is 4.79 Å². The van der Waals surface area contributed by atoms with Crippen LogP contribution >= 0.6 is 22.7 Å². The number of aromatic nitrogens is 1. The molecule has 0 saturated carbocycles. The highest BCUT2D eigenvalue weighted by Crippen LogP contribution is 2.25. The van der Waals surface area contributed by atoms with Gasteiger partial charge in [0.15, 0.2) is 0 Å². The standard InChI is InChI=1S/C20H23N3OS2/c1-3-23(4-2)12-16-7-5-15(6-8-16)11-21-19(24)18-14-26-20(22-18)17-9-10-25-13-17/h5-10,13-14H,3-4,11-12H2,1-2H3,(H,21,24)/p+1. The van der Waals surface area contributed by atoms with Gasteiger partial charge in [0, 0.05) is 28.4 Å². The van der Waals surface area contributed by atoms with Crippen LogP contribution in [0, 0.1) is 0 Å². The zero-order valence-corrected chi connectivity index (χ0v) is 16.8. The van der Waals surface area contributed by atoms with Crippen LogP contribution in [0.1, 0.15) is 35.5 Å². The highest BCUT2D eigenvalue weighted by atomic mass is 32.1. The van der Waals surface area contributed by atoms with Crippen LogP contribution in [0.25, 0.3) is 10.6 Å². The van der Waals surface area contributed by atoms with Crippen molar-refractivity contribution >= 4 is 28.6 Å². The number of benzene rings is 1. The predicted molar refractivity (Wildman–Crippen MR) is 109 cm³/mol. The number of nitrogens with zero attached hydrogens (tertiary/aromatic N) is 1. The molecule has 2 heterocycles. The lowest BCUT2D eigenvalue weighted by Gasteiger charge is -2.15. The molecule has 3 aromatic rings. The SMILES string of the molecule is CC[NH+](CC)Cc1ccc(CNC(=O)c2csc(-c3ccsc3)n2)cc1. The summed E-state index contributed by atoms with van der Waals surface area (Å²) in [7, 11) is 0. The first-order chi connectivity index (χ1) is 12.7. The van der Waals surface area contributed by atoms with E-state index < -0.39 is 0 Å². The monoisotopic (exact) mass is 386 g/mol. The average Bonchev–Trinajstić information content (AvgIpc) is 3.36. The molecule has 0 saturated heterocycles. The fourth-order valence-corrected chi connectivity index (χ4v) is 4.25. The van der Waals surface area contributed by atoms with Gasteiger partial charge in [-0.05, 0) is 30.9 Å². The van der Waals surface area contributed by atoms with Crippen LogP contribution in [0.2, 0.25) is 0 Å². The number of amides is 1. The van der Waals surface area contributed by atoms with Crippen molar-refractivity contribution in [2.24, 2.45) is 0 Å². The number of thiophene rings is 1. The van der Waals surface area contributed by atoms with Crippen LogP contribution < -0.4 is 10.2 Å². The number of carbonyl (C=O) groups is 1. The summed E-state index contributed by atoms with van der Waals surface area (Å²) in [6.07, 6.45) is 0. The largest absolute Gasteiger partial charge is 0.347 e. The molecular formula is C20H24N3OS2+. The van der Waals surface area contributed by atoms with E-state index in [1.165, 1.54) is 16.9 Å². The molecule has 136 valence electrons. The van der Waals surface area contributed by atoms with E-state index in [2.05, 4.69) is 48.4 Å². The van der Waals surface area contributed by atoms with Crippen LogP contribution in [0.4, 0.5) is 0 Å². The van der Waals surface area contributed by atoms with E-state index in [4.69, 9.17) is 0 Å². The molecule has 0 aliphatic heterocycles. The number of hydrogen-bond acceptors (Lipinski definition) is 4. The van der Waals surface area contributed by atoms with Gasteiger partial charge in [0.05, 0.1) is 13.1 Å². The minimum atomic E-state index is -0.126. The Morgan fingerprint density at radius 3 is 2.46 bits per heavy atom. The molecule has 0 atom stereocenters. The normalized spacial score (nSPS) is 11.0. The van der Waals surface area contributed by atoms with Gasteiger partial charge in [-0.2, -0.15) is 11.3 Å². The maximum atomic E-state index is 12.3. The van der Waals surface area contributed by atoms with E-state index in [0.717, 1.165) is 35.8 Å². The summed E-state index contributed by atoms with van der Waals surface area (Å²) in [6, 6.07) is 10.5. The first-order valence-electron chi connectivity index (χ1n) is 8.87. The van der Waals surface area contributed by atoms with Gasteiger partial charge in [-0.3, -0.25) is 4.79 Å². The molecular weight excluding hydrogens is 362 g/mol. The molecule has 2 aromatic heterocycles. The molecule has 1 aromatic carbocycles. The molecule has 4 nitrogen and oxygen atoms in total. The molecule has 0 unspecified atom stereocenters. The second-order valence-corrected chi connectivity index (χ2v) is 7.82. The fraction of sp³-hybridized carbons (Fsp3) is 0.300. The molecule has 2 N–H and O–H groups in total. The zero-order valence-electron chi connectivity index (χ0n) is 15.1. The Labute approximate surface area is 162 Å². The van der Waals surface area contributed by atoms with Crippen molar-refractivity contribution in [3.05, 3.63) is 63.3 Å². The second kappa shape index (κ2) is 9.07. The lowest BCUT2D eigenvalue weighted by Crippen LogP contribution is -3.10. The quantitative estimate of drug-likeness (QED) is 0.624. The Hall–Kier alpha value is -2.02. The number of thiazole rings is 1. The van der Waals surface area contributed by atoms with E-state index in [1.54, 1.807) is 16.2 Å². The van der Waals surface area contributed by atoms with Crippen molar-refractivity contribution in [2.45, 2.75) is 26.9 Å². The summed E-state index contributed by atoms with van der Waals surface area (Å²) in [6.45, 7) is 8.26. The van der Waals surface area contributed by atoms with Gasteiger partial charge in [0.2, 0.25) is 0 Å². The number of carbonyl (C=O) groups excluding carboxylic acids is 1. The van der Waals surface area contributed by atoms with Crippen LogP contribution in [0.5, 0.6) is 0 Å². The molecule has 6 heteroatoms. The van der Waals surface area contributed by atoms with Crippen molar-refractivity contribution in [3.8, 4) is 10.6 Å². The van der Waals surface area contributed by atoms with Gasteiger partial charge >= 0.3 is 0 Å². The van der Waals surface area contributed by atoms with Crippen LogP contribution in [0.15, 0.2) is 46.5 Å². The van der Waals surface area contributed by atoms with Crippen molar-refractivity contribution in [1.29, 1.82) is 0 Å². The van der Waals surface area contributed by atoms with Gasteiger partial charge in [0.1, 0.15) is 17.2 Å². The third kappa shape index (κ3) is 4.78. The van der Waals surface area contributed by atoms with Crippen LogP contribution in [-0.4, -0.2) is 24.0 Å². The Morgan fingerprint density at radius 1 is 1.08 bits per heavy atom. The van der Waals surface area contributed by atoms with Crippen molar-refractivity contribution in [3.63, 3.8) is 0 Å². The first kappa shape index (κ1) is 18.8. The maximum Gasteiger partial charge on any atom is 0.271 e. The van der Waals surface area contributed by atoms with Gasteiger partial charge in [-0.15, -0.1) is 11.3 Å². The Bertz CT molecular complexity index is 821. The smallest absolute Gasteiger partial charge is 0.271 e. The summed E-state index contributed by atoms with van der Waals surface area (Å²) in [5, 5.41) is 9.72. The summed E-state index contributed by atoms with van der Waals surface area (Å²) < 4.78 is 0. The van der Waals surface area contributed by atoms with E-state index >= 15 is 0 Å². The zero-order chi connectivity index (χ0) is 18.4. The Morgan fingerprint density at radius 2 is 1.81 bits per heavy atom. The first-order valence-corrected chi connectivity index (χ1v) is 10.7. The molecule has 0 fully saturated rings. The van der Waals surface area contributed by atoms with Gasteiger partial charge in [-0.1, -0.05) is 24.3 Å². The minimum Gasteiger partial charge on any atom is -0.347 e. The van der Waals surface area contributed by atoms with Gasteiger partial charge < -0.3 is 10.2 Å². The molecule has 1 amide bonds. The highest BCUT2D eigenvalue weighted by Gasteiger charge is 2.12. The Balaban J connectivity index is 1.54. The number of nitrogens with one attached hydrogen (secondary N) is 2. The van der Waals surface area contributed by atoms with Crippen molar-refractivity contribution in [2.75, 3.05) is 13.1 Å². The lowest BCUT2D eigenvalue weighted by atomic mass is 10.1. The fourth-order valence-electron chi connectivity index (χ4n) is 2.73. The third-order valence-electron chi connectivity index (χ3n) is 4.44. The summed E-state index contributed by atoms with van der Waals surface area (Å²) in [5.74, 6) is -0.126. The predicted octanol–water partition coefficient (Wildman–Crippen LogP) is 3.23. The second-order valence-electron chi connectivity index (χ2n) is 6.18. The van der Waals surface area contributed by atoms with Crippen LogP contribution in [-0.2, 0) is 13.1 Å². The molecule has 0 aliphatic rings. The molecule has 26 heavy (non-hydrogen) atoms. The van der Waals surface area contributed by atoms with Crippen molar-refractivity contribution < 1.29 is 9.69 Å². The molecule has 0 aliphatic carbocycles. The summed E-state index contributed by atoms with van der Waals surface area (Å²) in [4.78, 5) is 18.3. The van der Waals surface area contributed by atoms with Gasteiger partial charge in [0.25, 0.3) is 5.91 Å². The lowest BCUT2D eigenvalue weighted by molar-refractivity contribution is -0.910. The van der Waals surface area contributed by atoms with E-state index in [0.29, 0.717) is 12.2 Å². The maximum absolute atomic E-state index is 12.3. The average molecular weight is 387 g/mol. The van der Waals surface area contributed by atoms with Crippen LogP contribution in [0.3, 0.4) is 0 Å². The number of rotatable bonds is 8. The molecule has 3 rings (SSSR count). The highest BCUT2D eigenvalue weighted by molar-refractivity contribution is 7.14. The van der Waals surface area contributed by atoms with E-state index in [1.807, 2.05) is 22.2 Å². The number of quaternary nitrogens is 1. The molecule has 0 spiro atoms. The van der Waals surface area contributed by atoms with Gasteiger partial charge in [-0.25, -0.2) is 4.98 Å². The third-order valence-corrected chi connectivity index (χ3v) is 6.01. The summed E-state index contributed by atoms with van der Waals surface area (Å²) in [5.41, 5.74) is 3.99. The molecule has 0 bridgehead atoms. The Kier molecular flexibility index (Phi) is 6.55. The topological polar surface area (TPSA) is 46.4 Å². The molecule has 0 radical (unpaired) electrons.